The van der Waals surface area contributed by atoms with Crippen LogP contribution in [-0.4, -0.2) is 67.5 Å². The van der Waals surface area contributed by atoms with Crippen molar-refractivity contribution >= 4 is 10.0 Å². The summed E-state index contributed by atoms with van der Waals surface area (Å²) < 4.78 is 32.9. The second-order valence-corrected chi connectivity index (χ2v) is 10.0. The maximum Gasteiger partial charge on any atom is 0.244 e. The highest BCUT2D eigenvalue weighted by Crippen LogP contribution is 2.27. The van der Waals surface area contributed by atoms with Gasteiger partial charge in [-0.05, 0) is 56.7 Å². The number of hydrogen-bond acceptors (Lipinski definition) is 5. The number of nitrogens with zero attached hydrogens (tertiary/aromatic N) is 3. The lowest BCUT2D eigenvalue weighted by Gasteiger charge is -2.43. The van der Waals surface area contributed by atoms with Crippen LogP contribution < -0.4 is 0 Å². The van der Waals surface area contributed by atoms with E-state index >= 15 is 0 Å². The highest BCUT2D eigenvalue weighted by atomic mass is 32.2. The molecule has 6 nitrogen and oxygen atoms in total. The number of ether oxygens (including phenoxy) is 1. The summed E-state index contributed by atoms with van der Waals surface area (Å²) in [5.74, 6) is 0.679. The van der Waals surface area contributed by atoms with Gasteiger partial charge in [0.2, 0.25) is 10.0 Å². The van der Waals surface area contributed by atoms with Crippen LogP contribution in [0, 0.1) is 5.92 Å². The summed E-state index contributed by atoms with van der Waals surface area (Å²) in [4.78, 5) is 6.92. The van der Waals surface area contributed by atoms with Crippen molar-refractivity contribution in [2.75, 3.05) is 32.8 Å². The Morgan fingerprint density at radius 1 is 1.19 bits per heavy atom. The zero-order valence-corrected chi connectivity index (χ0v) is 17.4. The molecule has 0 atom stereocenters. The maximum atomic E-state index is 12.8. The summed E-state index contributed by atoms with van der Waals surface area (Å²) in [5, 5.41) is 0. The average molecular weight is 396 g/mol. The first-order valence-electron chi connectivity index (χ1n) is 10.2. The van der Waals surface area contributed by atoms with Gasteiger partial charge in [0.05, 0.1) is 0 Å². The van der Waals surface area contributed by atoms with Gasteiger partial charge in [0.15, 0.2) is 0 Å². The van der Waals surface area contributed by atoms with E-state index in [9.17, 15) is 8.42 Å². The van der Waals surface area contributed by atoms with E-state index in [-0.39, 0.29) is 0 Å². The first-order chi connectivity index (χ1) is 13.0. The molecule has 1 aromatic rings. The van der Waals surface area contributed by atoms with Crippen molar-refractivity contribution in [3.05, 3.63) is 24.5 Å². The van der Waals surface area contributed by atoms with Crippen molar-refractivity contribution in [2.24, 2.45) is 5.92 Å². The van der Waals surface area contributed by atoms with Gasteiger partial charge < -0.3 is 4.74 Å². The zero-order valence-electron chi connectivity index (χ0n) is 16.6. The molecule has 0 N–H and O–H groups in total. The molecular formula is C20H33N3O3S. The Morgan fingerprint density at radius 2 is 1.85 bits per heavy atom. The molecule has 0 unspecified atom stereocenters. The van der Waals surface area contributed by atoms with E-state index in [0.29, 0.717) is 36.0 Å². The molecule has 0 bridgehead atoms. The van der Waals surface area contributed by atoms with Crippen LogP contribution in [-0.2, 0) is 14.8 Å². The minimum atomic E-state index is -3.43. The Hall–Kier alpha value is -1.02. The molecule has 2 saturated heterocycles. The third-order valence-corrected chi connectivity index (χ3v) is 7.67. The fourth-order valence-corrected chi connectivity index (χ4v) is 5.58. The number of hydrogen-bond donors (Lipinski definition) is 0. The molecule has 3 rings (SSSR count). The lowest BCUT2D eigenvalue weighted by molar-refractivity contribution is 0.00495. The van der Waals surface area contributed by atoms with Crippen molar-refractivity contribution in [1.29, 1.82) is 0 Å². The topological polar surface area (TPSA) is 62.7 Å². The number of aromatic nitrogens is 1. The Balaban J connectivity index is 1.64. The lowest BCUT2D eigenvalue weighted by Crippen LogP contribution is -2.51. The summed E-state index contributed by atoms with van der Waals surface area (Å²) in [6, 6.07) is 4.35. The molecule has 0 radical (unpaired) electrons. The average Bonchev–Trinajstić information content (AvgIpc) is 2.70. The number of rotatable bonds is 7. The number of piperidine rings is 1. The minimum absolute atomic E-state index is 0.296. The van der Waals surface area contributed by atoms with E-state index in [0.717, 1.165) is 45.4 Å². The van der Waals surface area contributed by atoms with Gasteiger partial charge in [0, 0.05) is 50.8 Å². The van der Waals surface area contributed by atoms with Crippen LogP contribution >= 0.6 is 0 Å². The Bertz CT molecular complexity index is 667. The molecule has 27 heavy (non-hydrogen) atoms. The third-order valence-electron chi connectivity index (χ3n) is 5.79. The van der Waals surface area contributed by atoms with Crippen LogP contribution in [0.15, 0.2) is 29.4 Å². The Kier molecular flexibility index (Phi) is 7.25. The largest absolute Gasteiger partial charge is 0.381 e. The predicted molar refractivity (Wildman–Crippen MR) is 106 cm³/mol. The van der Waals surface area contributed by atoms with Crippen molar-refractivity contribution in [3.63, 3.8) is 0 Å². The van der Waals surface area contributed by atoms with Crippen LogP contribution in [0.2, 0.25) is 0 Å². The first-order valence-corrected chi connectivity index (χ1v) is 11.7. The molecule has 7 heteroatoms. The molecule has 1 aromatic heterocycles. The second-order valence-electron chi connectivity index (χ2n) is 8.09. The van der Waals surface area contributed by atoms with Gasteiger partial charge in [-0.2, -0.15) is 4.31 Å². The highest BCUT2D eigenvalue weighted by molar-refractivity contribution is 7.89. The van der Waals surface area contributed by atoms with E-state index in [2.05, 4.69) is 23.7 Å². The molecule has 0 saturated carbocycles. The lowest BCUT2D eigenvalue weighted by atomic mass is 9.97. The standard InChI is InChI=1S/C20H33N3O3S/c1-17(2)5-13-23(19-8-14-26-15-9-19)18-6-11-22(12-7-18)27(24,25)20-4-3-10-21-16-20/h3-4,10,16-19H,5-9,11-15H2,1-2H3. The molecule has 0 spiro atoms. The smallest absolute Gasteiger partial charge is 0.244 e. The molecular weight excluding hydrogens is 362 g/mol. The molecule has 2 fully saturated rings. The SMILES string of the molecule is CC(C)CCN(C1CCOCC1)C1CCN(S(=O)(=O)c2cccnc2)CC1. The van der Waals surface area contributed by atoms with Gasteiger partial charge in [0.1, 0.15) is 4.90 Å². The highest BCUT2D eigenvalue weighted by Gasteiger charge is 2.34. The molecule has 0 aliphatic carbocycles. The second kappa shape index (κ2) is 9.45. The first kappa shape index (κ1) is 20.7. The van der Waals surface area contributed by atoms with Gasteiger partial charge in [-0.3, -0.25) is 9.88 Å². The maximum absolute atomic E-state index is 12.8. The van der Waals surface area contributed by atoms with Gasteiger partial charge in [0.25, 0.3) is 0 Å². The van der Waals surface area contributed by atoms with Crippen LogP contribution in [0.25, 0.3) is 0 Å². The Morgan fingerprint density at radius 3 is 2.44 bits per heavy atom. The quantitative estimate of drug-likeness (QED) is 0.710. The van der Waals surface area contributed by atoms with Crippen molar-refractivity contribution in [2.45, 2.75) is 62.9 Å². The third kappa shape index (κ3) is 5.28. The number of sulfonamides is 1. The summed E-state index contributed by atoms with van der Waals surface area (Å²) in [6.45, 7) is 8.50. The van der Waals surface area contributed by atoms with Gasteiger partial charge in [-0.1, -0.05) is 13.8 Å². The van der Waals surface area contributed by atoms with Crippen molar-refractivity contribution in [1.82, 2.24) is 14.2 Å². The predicted octanol–water partition coefficient (Wildman–Crippen LogP) is 2.76. The fourth-order valence-electron chi connectivity index (χ4n) is 4.15. The molecule has 0 aromatic carbocycles. The minimum Gasteiger partial charge on any atom is -0.381 e. The van der Waals surface area contributed by atoms with E-state index in [1.807, 2.05) is 0 Å². The molecule has 3 heterocycles. The van der Waals surface area contributed by atoms with Gasteiger partial charge in [-0.25, -0.2) is 8.42 Å². The van der Waals surface area contributed by atoms with E-state index in [1.165, 1.54) is 12.6 Å². The molecule has 152 valence electrons. The Labute approximate surface area is 164 Å². The number of pyridine rings is 1. The summed E-state index contributed by atoms with van der Waals surface area (Å²) in [5.41, 5.74) is 0. The van der Waals surface area contributed by atoms with E-state index in [1.54, 1.807) is 22.6 Å². The van der Waals surface area contributed by atoms with Crippen LogP contribution in [0.4, 0.5) is 0 Å². The summed E-state index contributed by atoms with van der Waals surface area (Å²) in [7, 11) is -3.43. The van der Waals surface area contributed by atoms with E-state index < -0.39 is 10.0 Å². The summed E-state index contributed by atoms with van der Waals surface area (Å²) >= 11 is 0. The van der Waals surface area contributed by atoms with Crippen molar-refractivity contribution in [3.8, 4) is 0 Å². The van der Waals surface area contributed by atoms with E-state index in [4.69, 9.17) is 4.74 Å². The van der Waals surface area contributed by atoms with Crippen LogP contribution in [0.3, 0.4) is 0 Å². The van der Waals surface area contributed by atoms with Gasteiger partial charge >= 0.3 is 0 Å². The van der Waals surface area contributed by atoms with Crippen molar-refractivity contribution < 1.29 is 13.2 Å². The normalized spacial score (nSPS) is 21.2. The summed E-state index contributed by atoms with van der Waals surface area (Å²) in [6.07, 6.45) is 8.21. The fraction of sp³-hybridized carbons (Fsp3) is 0.750. The van der Waals surface area contributed by atoms with Crippen LogP contribution in [0.1, 0.15) is 46.0 Å². The van der Waals surface area contributed by atoms with Gasteiger partial charge in [-0.15, -0.1) is 0 Å². The molecule has 2 aliphatic rings. The zero-order chi connectivity index (χ0) is 19.3. The monoisotopic (exact) mass is 395 g/mol. The molecule has 0 amide bonds. The van der Waals surface area contributed by atoms with Crippen LogP contribution in [0.5, 0.6) is 0 Å². The molecule has 2 aliphatic heterocycles.